The van der Waals surface area contributed by atoms with Gasteiger partial charge in [-0.3, -0.25) is 5.10 Å². The third-order valence-corrected chi connectivity index (χ3v) is 3.45. The molecule has 0 aliphatic carbocycles. The van der Waals surface area contributed by atoms with Gasteiger partial charge in [0.2, 0.25) is 0 Å². The predicted molar refractivity (Wildman–Crippen MR) is 77.2 cm³/mol. The van der Waals surface area contributed by atoms with Crippen molar-refractivity contribution in [1.82, 2.24) is 20.5 Å². The molecule has 0 spiro atoms. The smallest absolute Gasteiger partial charge is 0.137 e. The van der Waals surface area contributed by atoms with Gasteiger partial charge in [-0.25, -0.2) is 4.98 Å². The van der Waals surface area contributed by atoms with Crippen LogP contribution in [0.15, 0.2) is 18.5 Å². The molecule has 1 aromatic heterocycles. The zero-order chi connectivity index (χ0) is 13.8. The standard InChI is InChI=1S/C15H22N4/c1-10-7-11(2)15(12(3)8-10)13(4)16-6-5-14-17-9-18-19-14/h7-9,13,16H,5-6H2,1-4H3,(H,17,18,19). The van der Waals surface area contributed by atoms with Crippen molar-refractivity contribution >= 4 is 0 Å². The zero-order valence-electron chi connectivity index (χ0n) is 12.1. The Kier molecular flexibility index (Phi) is 4.32. The largest absolute Gasteiger partial charge is 0.310 e. The van der Waals surface area contributed by atoms with Crippen LogP contribution in [0, 0.1) is 20.8 Å². The number of H-pyrrole nitrogens is 1. The maximum Gasteiger partial charge on any atom is 0.137 e. The summed E-state index contributed by atoms with van der Waals surface area (Å²) in [5.41, 5.74) is 5.45. The molecule has 0 radical (unpaired) electrons. The Morgan fingerprint density at radius 2 is 1.89 bits per heavy atom. The van der Waals surface area contributed by atoms with Crippen molar-refractivity contribution in [3.63, 3.8) is 0 Å². The van der Waals surface area contributed by atoms with Crippen molar-refractivity contribution in [2.24, 2.45) is 0 Å². The Morgan fingerprint density at radius 1 is 1.21 bits per heavy atom. The van der Waals surface area contributed by atoms with Gasteiger partial charge in [-0.15, -0.1) is 0 Å². The van der Waals surface area contributed by atoms with E-state index in [1.54, 1.807) is 6.33 Å². The molecule has 1 atom stereocenters. The summed E-state index contributed by atoms with van der Waals surface area (Å²) in [5, 5.41) is 10.3. The molecule has 1 heterocycles. The Labute approximate surface area is 114 Å². The van der Waals surface area contributed by atoms with Crippen LogP contribution in [0.5, 0.6) is 0 Å². The van der Waals surface area contributed by atoms with Crippen molar-refractivity contribution < 1.29 is 0 Å². The van der Waals surface area contributed by atoms with Crippen LogP contribution in [0.3, 0.4) is 0 Å². The molecule has 0 aliphatic rings. The fourth-order valence-electron chi connectivity index (χ4n) is 2.73. The van der Waals surface area contributed by atoms with E-state index in [1.807, 2.05) is 0 Å². The summed E-state index contributed by atoms with van der Waals surface area (Å²) >= 11 is 0. The molecule has 2 N–H and O–H groups in total. The van der Waals surface area contributed by atoms with Crippen molar-refractivity contribution in [3.8, 4) is 0 Å². The molecule has 1 aromatic carbocycles. The van der Waals surface area contributed by atoms with E-state index in [2.05, 4.69) is 60.3 Å². The lowest BCUT2D eigenvalue weighted by molar-refractivity contribution is 0.566. The predicted octanol–water partition coefficient (Wildman–Crippen LogP) is 2.62. The van der Waals surface area contributed by atoms with Crippen LogP contribution in [0.1, 0.15) is 41.0 Å². The minimum absolute atomic E-state index is 0.350. The highest BCUT2D eigenvalue weighted by molar-refractivity contribution is 5.39. The molecule has 4 heteroatoms. The zero-order valence-corrected chi connectivity index (χ0v) is 12.1. The van der Waals surface area contributed by atoms with Crippen LogP contribution in [0.4, 0.5) is 0 Å². The van der Waals surface area contributed by atoms with Gasteiger partial charge in [0.05, 0.1) is 0 Å². The molecule has 0 bridgehead atoms. The van der Waals surface area contributed by atoms with E-state index in [0.29, 0.717) is 6.04 Å². The lowest BCUT2D eigenvalue weighted by atomic mass is 9.95. The number of rotatable bonds is 5. The summed E-state index contributed by atoms with van der Waals surface area (Å²) in [6.07, 6.45) is 2.42. The number of aromatic amines is 1. The number of hydrogen-bond acceptors (Lipinski definition) is 3. The van der Waals surface area contributed by atoms with E-state index in [0.717, 1.165) is 18.8 Å². The number of benzene rings is 1. The first-order valence-corrected chi connectivity index (χ1v) is 6.73. The molecular weight excluding hydrogens is 236 g/mol. The van der Waals surface area contributed by atoms with Crippen LogP contribution in [0.25, 0.3) is 0 Å². The molecule has 0 aliphatic heterocycles. The van der Waals surface area contributed by atoms with E-state index < -0.39 is 0 Å². The van der Waals surface area contributed by atoms with E-state index in [9.17, 15) is 0 Å². The average Bonchev–Trinajstić information content (AvgIpc) is 2.80. The minimum Gasteiger partial charge on any atom is -0.310 e. The monoisotopic (exact) mass is 258 g/mol. The van der Waals surface area contributed by atoms with Crippen molar-refractivity contribution in [2.75, 3.05) is 6.54 Å². The van der Waals surface area contributed by atoms with E-state index in [-0.39, 0.29) is 0 Å². The second kappa shape index (κ2) is 5.97. The second-order valence-corrected chi connectivity index (χ2v) is 5.17. The van der Waals surface area contributed by atoms with Crippen LogP contribution >= 0.6 is 0 Å². The van der Waals surface area contributed by atoms with Crippen LogP contribution in [-0.4, -0.2) is 21.7 Å². The van der Waals surface area contributed by atoms with Crippen molar-refractivity contribution in [2.45, 2.75) is 40.2 Å². The molecule has 4 nitrogen and oxygen atoms in total. The van der Waals surface area contributed by atoms with E-state index in [1.165, 1.54) is 22.3 Å². The van der Waals surface area contributed by atoms with Crippen LogP contribution < -0.4 is 5.32 Å². The van der Waals surface area contributed by atoms with E-state index >= 15 is 0 Å². The molecule has 19 heavy (non-hydrogen) atoms. The summed E-state index contributed by atoms with van der Waals surface area (Å²) in [6, 6.07) is 4.84. The summed E-state index contributed by atoms with van der Waals surface area (Å²) in [7, 11) is 0. The molecule has 0 fully saturated rings. The van der Waals surface area contributed by atoms with Gasteiger partial charge in [0.15, 0.2) is 0 Å². The summed E-state index contributed by atoms with van der Waals surface area (Å²) in [5.74, 6) is 0.928. The number of nitrogens with one attached hydrogen (secondary N) is 2. The molecule has 0 saturated heterocycles. The molecule has 0 saturated carbocycles. The molecule has 102 valence electrons. The average molecular weight is 258 g/mol. The fraction of sp³-hybridized carbons (Fsp3) is 0.467. The molecule has 1 unspecified atom stereocenters. The van der Waals surface area contributed by atoms with Crippen molar-refractivity contribution in [1.29, 1.82) is 0 Å². The summed E-state index contributed by atoms with van der Waals surface area (Å²) in [6.45, 7) is 9.62. The van der Waals surface area contributed by atoms with Gasteiger partial charge in [-0.1, -0.05) is 17.7 Å². The number of nitrogens with zero attached hydrogens (tertiary/aromatic N) is 2. The van der Waals surface area contributed by atoms with Gasteiger partial charge in [0.1, 0.15) is 12.2 Å². The Morgan fingerprint density at radius 3 is 2.47 bits per heavy atom. The summed E-state index contributed by atoms with van der Waals surface area (Å²) in [4.78, 5) is 4.13. The lowest BCUT2D eigenvalue weighted by Gasteiger charge is -2.19. The van der Waals surface area contributed by atoms with Gasteiger partial charge in [0, 0.05) is 19.0 Å². The highest BCUT2D eigenvalue weighted by Crippen LogP contribution is 2.23. The molecule has 2 rings (SSSR count). The number of aryl methyl sites for hydroxylation is 3. The first-order valence-electron chi connectivity index (χ1n) is 6.73. The Hall–Kier alpha value is -1.68. The van der Waals surface area contributed by atoms with Crippen molar-refractivity contribution in [3.05, 3.63) is 46.5 Å². The molecular formula is C15H22N4. The van der Waals surface area contributed by atoms with Gasteiger partial charge >= 0.3 is 0 Å². The molecule has 0 amide bonds. The van der Waals surface area contributed by atoms with Gasteiger partial charge < -0.3 is 5.32 Å². The van der Waals surface area contributed by atoms with Gasteiger partial charge in [-0.2, -0.15) is 5.10 Å². The van der Waals surface area contributed by atoms with Crippen LogP contribution in [0.2, 0.25) is 0 Å². The minimum atomic E-state index is 0.350. The first-order chi connectivity index (χ1) is 9.08. The maximum absolute atomic E-state index is 4.13. The maximum atomic E-state index is 4.13. The lowest BCUT2D eigenvalue weighted by Crippen LogP contribution is -2.23. The highest BCUT2D eigenvalue weighted by atomic mass is 15.2. The normalized spacial score (nSPS) is 12.6. The quantitative estimate of drug-likeness (QED) is 0.867. The summed E-state index contributed by atoms with van der Waals surface area (Å²) < 4.78 is 0. The SMILES string of the molecule is Cc1cc(C)c(C(C)NCCc2ncn[nH]2)c(C)c1. The first kappa shape index (κ1) is 13.7. The Balaban J connectivity index is 1.98. The fourth-order valence-corrected chi connectivity index (χ4v) is 2.73. The van der Waals surface area contributed by atoms with Gasteiger partial charge in [-0.05, 0) is 44.4 Å². The highest BCUT2D eigenvalue weighted by Gasteiger charge is 2.11. The molecule has 2 aromatic rings. The number of aromatic nitrogens is 3. The number of hydrogen-bond donors (Lipinski definition) is 2. The second-order valence-electron chi connectivity index (χ2n) is 5.17. The third kappa shape index (κ3) is 3.41. The van der Waals surface area contributed by atoms with Gasteiger partial charge in [0.25, 0.3) is 0 Å². The third-order valence-electron chi connectivity index (χ3n) is 3.45. The van der Waals surface area contributed by atoms with Crippen LogP contribution in [-0.2, 0) is 6.42 Å². The topological polar surface area (TPSA) is 53.6 Å². The van der Waals surface area contributed by atoms with E-state index in [4.69, 9.17) is 0 Å². The Bertz CT molecular complexity index is 508.